The Kier molecular flexibility index (Phi) is 2.00. The van der Waals surface area contributed by atoms with Gasteiger partial charge in [-0.3, -0.25) is 20.1 Å². The van der Waals surface area contributed by atoms with E-state index in [9.17, 15) is 14.9 Å². The van der Waals surface area contributed by atoms with Crippen molar-refractivity contribution in [3.8, 4) is 0 Å². The summed E-state index contributed by atoms with van der Waals surface area (Å²) in [5.74, 6) is 0. The number of hydrogen-bond donors (Lipinski definition) is 1. The summed E-state index contributed by atoms with van der Waals surface area (Å²) in [5.41, 5.74) is -0.486. The SMILES string of the molecule is O=Cc1c[n+](O)ccc1[N+](=O)[O-]. The Labute approximate surface area is 66.8 Å². The fraction of sp³-hybridized carbons (Fsp3) is 0. The molecule has 0 fully saturated rings. The zero-order valence-corrected chi connectivity index (χ0v) is 5.88. The number of aldehydes is 1. The number of rotatable bonds is 2. The summed E-state index contributed by atoms with van der Waals surface area (Å²) >= 11 is 0. The fourth-order valence-electron chi connectivity index (χ4n) is 0.752. The quantitative estimate of drug-likeness (QED) is 0.221. The molecule has 1 aromatic rings. The molecule has 6 nitrogen and oxygen atoms in total. The maximum Gasteiger partial charge on any atom is 0.292 e. The van der Waals surface area contributed by atoms with Crippen LogP contribution in [0, 0.1) is 10.1 Å². The highest BCUT2D eigenvalue weighted by Gasteiger charge is 2.17. The van der Waals surface area contributed by atoms with E-state index in [1.54, 1.807) is 0 Å². The Hall–Kier alpha value is -1.98. The lowest BCUT2D eigenvalue weighted by molar-refractivity contribution is -0.905. The molecule has 12 heavy (non-hydrogen) atoms. The minimum absolute atomic E-state index is 0.162. The summed E-state index contributed by atoms with van der Waals surface area (Å²) in [6.07, 6.45) is 2.35. The van der Waals surface area contributed by atoms with Crippen LogP contribution in [0.25, 0.3) is 0 Å². The van der Waals surface area contributed by atoms with Crippen LogP contribution in [0.1, 0.15) is 10.4 Å². The van der Waals surface area contributed by atoms with Gasteiger partial charge >= 0.3 is 0 Å². The summed E-state index contributed by atoms with van der Waals surface area (Å²) in [7, 11) is 0. The van der Waals surface area contributed by atoms with E-state index in [1.807, 2.05) is 0 Å². The molecule has 0 atom stereocenters. The first-order valence-electron chi connectivity index (χ1n) is 2.99. The number of nitro groups is 1. The average Bonchev–Trinajstić information content (AvgIpc) is 2.03. The van der Waals surface area contributed by atoms with E-state index in [-0.39, 0.29) is 11.3 Å². The lowest BCUT2D eigenvalue weighted by Gasteiger charge is -1.90. The van der Waals surface area contributed by atoms with E-state index in [0.29, 0.717) is 11.0 Å². The first-order valence-corrected chi connectivity index (χ1v) is 2.99. The fourth-order valence-corrected chi connectivity index (χ4v) is 0.752. The van der Waals surface area contributed by atoms with Crippen LogP contribution in [0.5, 0.6) is 0 Å². The maximum atomic E-state index is 10.3. The van der Waals surface area contributed by atoms with Crippen LogP contribution < -0.4 is 4.73 Å². The number of nitrogens with zero attached hydrogens (tertiary/aromatic N) is 2. The van der Waals surface area contributed by atoms with E-state index >= 15 is 0 Å². The molecule has 0 radical (unpaired) electrons. The summed E-state index contributed by atoms with van der Waals surface area (Å²) in [5, 5.41) is 19.0. The van der Waals surface area contributed by atoms with E-state index < -0.39 is 4.92 Å². The van der Waals surface area contributed by atoms with Crippen molar-refractivity contribution >= 4 is 12.0 Å². The first kappa shape index (κ1) is 8.12. The van der Waals surface area contributed by atoms with Gasteiger partial charge in [0.2, 0.25) is 12.4 Å². The Morgan fingerprint density at radius 3 is 2.83 bits per heavy atom. The predicted molar refractivity (Wildman–Crippen MR) is 35.9 cm³/mol. The van der Waals surface area contributed by atoms with Crippen LogP contribution in [-0.4, -0.2) is 16.4 Å². The number of hydrogen-bond acceptors (Lipinski definition) is 4. The van der Waals surface area contributed by atoms with Crippen LogP contribution in [0.3, 0.4) is 0 Å². The van der Waals surface area contributed by atoms with E-state index in [4.69, 9.17) is 5.21 Å². The molecule has 0 saturated carbocycles. The molecule has 0 aliphatic heterocycles. The van der Waals surface area contributed by atoms with Crippen molar-refractivity contribution in [2.45, 2.75) is 0 Å². The molecule has 1 N–H and O–H groups in total. The summed E-state index contributed by atoms with van der Waals surface area (Å²) < 4.78 is 0.580. The lowest BCUT2D eigenvalue weighted by atomic mass is 10.2. The summed E-state index contributed by atoms with van der Waals surface area (Å²) in [6, 6.07) is 1.05. The molecule has 1 aromatic heterocycles. The van der Waals surface area contributed by atoms with Crippen molar-refractivity contribution in [3.05, 3.63) is 34.1 Å². The van der Waals surface area contributed by atoms with Crippen LogP contribution in [-0.2, 0) is 0 Å². The van der Waals surface area contributed by atoms with Gasteiger partial charge < -0.3 is 0 Å². The highest BCUT2D eigenvalue weighted by Crippen LogP contribution is 2.12. The monoisotopic (exact) mass is 169 g/mol. The van der Waals surface area contributed by atoms with Gasteiger partial charge in [-0.15, -0.1) is 0 Å². The van der Waals surface area contributed by atoms with Gasteiger partial charge in [-0.25, -0.2) is 0 Å². The second kappa shape index (κ2) is 2.95. The van der Waals surface area contributed by atoms with Crippen molar-refractivity contribution in [3.63, 3.8) is 0 Å². The van der Waals surface area contributed by atoms with Crippen LogP contribution in [0.15, 0.2) is 18.5 Å². The molecular formula is C6H5N2O4+. The van der Waals surface area contributed by atoms with Gasteiger partial charge in [0, 0.05) is 4.73 Å². The lowest BCUT2D eigenvalue weighted by Crippen LogP contribution is -2.29. The van der Waals surface area contributed by atoms with Gasteiger partial charge in [0.05, 0.1) is 11.0 Å². The highest BCUT2D eigenvalue weighted by atomic mass is 16.6. The third-order valence-electron chi connectivity index (χ3n) is 1.28. The topological polar surface area (TPSA) is 84.3 Å². The molecule has 0 aliphatic rings. The third kappa shape index (κ3) is 1.36. The molecule has 0 aromatic carbocycles. The molecular weight excluding hydrogens is 164 g/mol. The van der Waals surface area contributed by atoms with Crippen LogP contribution in [0.4, 0.5) is 5.69 Å². The number of carbonyl (C=O) groups is 1. The Balaban J connectivity index is 3.29. The van der Waals surface area contributed by atoms with Gasteiger partial charge in [-0.2, -0.15) is 0 Å². The molecule has 6 heteroatoms. The van der Waals surface area contributed by atoms with Crippen LogP contribution >= 0.6 is 0 Å². The molecule has 62 valence electrons. The second-order valence-electron chi connectivity index (χ2n) is 2.04. The van der Waals surface area contributed by atoms with E-state index in [0.717, 1.165) is 18.5 Å². The molecule has 0 amide bonds. The van der Waals surface area contributed by atoms with E-state index in [2.05, 4.69) is 0 Å². The standard InChI is InChI=1S/C6H5N2O4/c9-4-5-3-7(10)2-1-6(5)8(11)12/h1-4,10H/q+1. The molecule has 1 rings (SSSR count). The zero-order valence-electron chi connectivity index (χ0n) is 5.88. The normalized spacial score (nSPS) is 9.33. The number of aromatic nitrogens is 1. The van der Waals surface area contributed by atoms with E-state index in [1.165, 1.54) is 0 Å². The summed E-state index contributed by atoms with van der Waals surface area (Å²) in [6.45, 7) is 0. The first-order chi connectivity index (χ1) is 5.65. The van der Waals surface area contributed by atoms with Gasteiger partial charge in [0.25, 0.3) is 5.69 Å². The Morgan fingerprint density at radius 1 is 1.67 bits per heavy atom. The molecule has 0 bridgehead atoms. The smallest absolute Gasteiger partial charge is 0.292 e. The predicted octanol–water partition coefficient (Wildman–Crippen LogP) is -0.0679. The largest absolute Gasteiger partial charge is 0.297 e. The van der Waals surface area contributed by atoms with Crippen molar-refractivity contribution in [2.24, 2.45) is 0 Å². The van der Waals surface area contributed by atoms with Crippen molar-refractivity contribution in [1.29, 1.82) is 0 Å². The molecule has 0 spiro atoms. The third-order valence-corrected chi connectivity index (χ3v) is 1.28. The van der Waals surface area contributed by atoms with Gasteiger partial charge in [-0.1, -0.05) is 0 Å². The highest BCUT2D eigenvalue weighted by molar-refractivity contribution is 5.79. The Morgan fingerprint density at radius 2 is 2.33 bits per heavy atom. The zero-order chi connectivity index (χ0) is 9.14. The van der Waals surface area contributed by atoms with Crippen LogP contribution in [0.2, 0.25) is 0 Å². The van der Waals surface area contributed by atoms with Gasteiger partial charge in [-0.05, 0) is 0 Å². The molecule has 0 aliphatic carbocycles. The van der Waals surface area contributed by atoms with Crippen molar-refractivity contribution in [2.75, 3.05) is 0 Å². The summed E-state index contributed by atoms with van der Waals surface area (Å²) in [4.78, 5) is 19.8. The minimum atomic E-state index is -0.691. The van der Waals surface area contributed by atoms with Crippen molar-refractivity contribution in [1.82, 2.24) is 0 Å². The molecule has 0 unspecified atom stereocenters. The number of pyridine rings is 1. The van der Waals surface area contributed by atoms with Gasteiger partial charge in [0.15, 0.2) is 11.8 Å². The van der Waals surface area contributed by atoms with Crippen molar-refractivity contribution < 1.29 is 19.7 Å². The van der Waals surface area contributed by atoms with Gasteiger partial charge in [0.1, 0.15) is 0 Å². The Bertz CT molecular complexity index is 336. The maximum absolute atomic E-state index is 10.3. The second-order valence-corrected chi connectivity index (χ2v) is 2.04. The molecule has 0 saturated heterocycles. The minimum Gasteiger partial charge on any atom is -0.297 e. The number of carbonyl (C=O) groups excluding carboxylic acids is 1. The molecule has 1 heterocycles. The average molecular weight is 169 g/mol.